The van der Waals surface area contributed by atoms with Gasteiger partial charge in [0.2, 0.25) is 0 Å². The number of likely N-dealkylation sites (tertiary alicyclic amines) is 1. The second-order valence-electron chi connectivity index (χ2n) is 6.56. The van der Waals surface area contributed by atoms with E-state index >= 15 is 0 Å². The third kappa shape index (κ3) is 4.76. The van der Waals surface area contributed by atoms with E-state index in [1.165, 1.54) is 37.9 Å². The van der Waals surface area contributed by atoms with Crippen LogP contribution in [0.4, 0.5) is 0 Å². The van der Waals surface area contributed by atoms with Gasteiger partial charge < -0.3 is 9.47 Å². The van der Waals surface area contributed by atoms with Crippen LogP contribution in [-0.4, -0.2) is 38.3 Å². The zero-order valence-corrected chi connectivity index (χ0v) is 15.4. The van der Waals surface area contributed by atoms with Crippen molar-refractivity contribution in [2.75, 3.05) is 33.4 Å². The van der Waals surface area contributed by atoms with Crippen LogP contribution in [0.2, 0.25) is 0 Å². The first-order valence-electron chi connectivity index (χ1n) is 9.35. The Hall–Kier alpha value is -2.00. The quantitative estimate of drug-likeness (QED) is 0.737. The molecule has 1 heterocycles. The minimum Gasteiger partial charge on any atom is -0.497 e. The molecule has 0 bridgehead atoms. The van der Waals surface area contributed by atoms with E-state index in [2.05, 4.69) is 36.1 Å². The SMILES string of the molecule is CCc1ccc(OCCN2CCCCC2)[c]c1-c1ccc(OC)cc1. The molecular weight excluding hydrogens is 310 g/mol. The average molecular weight is 338 g/mol. The summed E-state index contributed by atoms with van der Waals surface area (Å²) in [6.07, 6.45) is 4.98. The molecule has 0 aliphatic carbocycles. The normalized spacial score (nSPS) is 15.1. The van der Waals surface area contributed by atoms with E-state index in [1.54, 1.807) is 7.11 Å². The predicted molar refractivity (Wildman–Crippen MR) is 102 cm³/mol. The lowest BCUT2D eigenvalue weighted by molar-refractivity contribution is 0.183. The number of methoxy groups -OCH3 is 1. The molecule has 1 saturated heterocycles. The number of rotatable bonds is 7. The van der Waals surface area contributed by atoms with Crippen molar-refractivity contribution in [1.29, 1.82) is 0 Å². The number of aryl methyl sites for hydroxylation is 1. The Labute approximate surface area is 151 Å². The molecular formula is C22H28NO2. The van der Waals surface area contributed by atoms with E-state index in [9.17, 15) is 0 Å². The molecule has 2 aromatic rings. The van der Waals surface area contributed by atoms with Crippen LogP contribution in [0.25, 0.3) is 11.1 Å². The van der Waals surface area contributed by atoms with Crippen LogP contribution in [-0.2, 0) is 6.42 Å². The Morgan fingerprint density at radius 1 is 1.00 bits per heavy atom. The third-order valence-electron chi connectivity index (χ3n) is 4.88. The number of nitrogens with zero attached hydrogens (tertiary/aromatic N) is 1. The highest BCUT2D eigenvalue weighted by atomic mass is 16.5. The second-order valence-corrected chi connectivity index (χ2v) is 6.56. The zero-order valence-electron chi connectivity index (χ0n) is 15.4. The topological polar surface area (TPSA) is 21.7 Å². The van der Waals surface area contributed by atoms with Gasteiger partial charge in [-0.05, 0) is 67.2 Å². The summed E-state index contributed by atoms with van der Waals surface area (Å²) in [4.78, 5) is 2.49. The summed E-state index contributed by atoms with van der Waals surface area (Å²) in [5.74, 6) is 1.70. The van der Waals surface area contributed by atoms with Gasteiger partial charge in [0.15, 0.2) is 0 Å². The van der Waals surface area contributed by atoms with E-state index in [4.69, 9.17) is 9.47 Å². The molecule has 1 radical (unpaired) electrons. The minimum atomic E-state index is 0.726. The van der Waals surface area contributed by atoms with Crippen LogP contribution in [0.1, 0.15) is 31.7 Å². The van der Waals surface area contributed by atoms with Crippen LogP contribution in [0.15, 0.2) is 36.4 Å². The maximum absolute atomic E-state index is 5.99. The van der Waals surface area contributed by atoms with Gasteiger partial charge in [0, 0.05) is 12.6 Å². The van der Waals surface area contributed by atoms with Crippen LogP contribution in [0.3, 0.4) is 0 Å². The van der Waals surface area contributed by atoms with Gasteiger partial charge in [-0.1, -0.05) is 31.5 Å². The van der Waals surface area contributed by atoms with Gasteiger partial charge in [0.25, 0.3) is 0 Å². The Balaban J connectivity index is 1.68. The van der Waals surface area contributed by atoms with E-state index in [0.717, 1.165) is 42.2 Å². The maximum Gasteiger partial charge on any atom is 0.127 e. The smallest absolute Gasteiger partial charge is 0.127 e. The molecule has 3 heteroatoms. The maximum atomic E-state index is 5.99. The van der Waals surface area contributed by atoms with Crippen LogP contribution in [0.5, 0.6) is 11.5 Å². The van der Waals surface area contributed by atoms with Crippen LogP contribution >= 0.6 is 0 Å². The lowest BCUT2D eigenvalue weighted by Crippen LogP contribution is -2.33. The average Bonchev–Trinajstić information content (AvgIpc) is 2.69. The Morgan fingerprint density at radius 3 is 2.44 bits per heavy atom. The summed E-state index contributed by atoms with van der Waals surface area (Å²) < 4.78 is 11.2. The lowest BCUT2D eigenvalue weighted by atomic mass is 9.98. The standard InChI is InChI=1S/C22H28NO2/c1-3-18-7-12-21(25-16-15-23-13-5-4-6-14-23)17-22(18)19-8-10-20(24-2)11-9-19/h7-12H,3-6,13-16H2,1-2H3. The lowest BCUT2D eigenvalue weighted by Gasteiger charge is -2.26. The van der Waals surface area contributed by atoms with Gasteiger partial charge in [0.05, 0.1) is 7.11 Å². The third-order valence-corrected chi connectivity index (χ3v) is 4.88. The molecule has 0 aromatic heterocycles. The van der Waals surface area contributed by atoms with Gasteiger partial charge in [0.1, 0.15) is 18.1 Å². The molecule has 0 unspecified atom stereocenters. The van der Waals surface area contributed by atoms with Crippen molar-refractivity contribution in [3.8, 4) is 22.6 Å². The first kappa shape index (κ1) is 17.8. The fraction of sp³-hybridized carbons (Fsp3) is 0.455. The molecule has 1 fully saturated rings. The number of benzene rings is 2. The largest absolute Gasteiger partial charge is 0.497 e. The molecule has 0 saturated carbocycles. The van der Waals surface area contributed by atoms with E-state index in [0.29, 0.717) is 0 Å². The number of hydrogen-bond acceptors (Lipinski definition) is 3. The van der Waals surface area contributed by atoms with Crippen molar-refractivity contribution in [2.45, 2.75) is 32.6 Å². The molecule has 0 N–H and O–H groups in total. The van der Waals surface area contributed by atoms with Crippen molar-refractivity contribution in [2.24, 2.45) is 0 Å². The van der Waals surface area contributed by atoms with Crippen LogP contribution < -0.4 is 9.47 Å². The molecule has 25 heavy (non-hydrogen) atoms. The van der Waals surface area contributed by atoms with E-state index in [1.807, 2.05) is 18.2 Å². The summed E-state index contributed by atoms with van der Waals surface area (Å²) >= 11 is 0. The van der Waals surface area contributed by atoms with Crippen LogP contribution in [0, 0.1) is 6.07 Å². The Kier molecular flexibility index (Phi) is 6.35. The highest BCUT2D eigenvalue weighted by Crippen LogP contribution is 2.29. The van der Waals surface area contributed by atoms with Gasteiger partial charge in [-0.2, -0.15) is 0 Å². The summed E-state index contributed by atoms with van der Waals surface area (Å²) in [5, 5.41) is 0. The second kappa shape index (κ2) is 8.91. The van der Waals surface area contributed by atoms with Crippen molar-refractivity contribution in [3.63, 3.8) is 0 Å². The first-order valence-corrected chi connectivity index (χ1v) is 9.35. The van der Waals surface area contributed by atoms with E-state index < -0.39 is 0 Å². The van der Waals surface area contributed by atoms with Crippen molar-refractivity contribution in [1.82, 2.24) is 4.90 Å². The fourth-order valence-electron chi connectivity index (χ4n) is 3.37. The molecule has 2 aromatic carbocycles. The molecule has 3 nitrogen and oxygen atoms in total. The monoisotopic (exact) mass is 338 g/mol. The molecule has 0 spiro atoms. The van der Waals surface area contributed by atoms with Gasteiger partial charge in [-0.15, -0.1) is 0 Å². The molecule has 0 atom stereocenters. The van der Waals surface area contributed by atoms with Crippen molar-refractivity contribution >= 4 is 0 Å². The van der Waals surface area contributed by atoms with Crippen molar-refractivity contribution < 1.29 is 9.47 Å². The van der Waals surface area contributed by atoms with Gasteiger partial charge in [-0.3, -0.25) is 4.90 Å². The zero-order chi connectivity index (χ0) is 17.5. The van der Waals surface area contributed by atoms with E-state index in [-0.39, 0.29) is 0 Å². The number of piperidine rings is 1. The number of hydrogen-bond donors (Lipinski definition) is 0. The highest BCUT2D eigenvalue weighted by Gasteiger charge is 2.11. The minimum absolute atomic E-state index is 0.726. The predicted octanol–water partition coefficient (Wildman–Crippen LogP) is 4.59. The van der Waals surface area contributed by atoms with Gasteiger partial charge in [-0.25, -0.2) is 0 Å². The fourth-order valence-corrected chi connectivity index (χ4v) is 3.37. The number of ether oxygens (including phenoxy) is 2. The molecule has 1 aliphatic rings. The Bertz CT molecular complexity index is 660. The molecule has 3 rings (SSSR count). The molecule has 1 aliphatic heterocycles. The summed E-state index contributed by atoms with van der Waals surface area (Å²) in [6.45, 7) is 6.32. The highest BCUT2D eigenvalue weighted by molar-refractivity contribution is 5.69. The summed E-state index contributed by atoms with van der Waals surface area (Å²) in [6, 6.07) is 15.8. The first-order chi connectivity index (χ1) is 12.3. The Morgan fingerprint density at radius 2 is 1.76 bits per heavy atom. The summed E-state index contributed by atoms with van der Waals surface area (Å²) in [5.41, 5.74) is 3.56. The molecule has 0 amide bonds. The van der Waals surface area contributed by atoms with Crippen molar-refractivity contribution in [3.05, 3.63) is 48.0 Å². The summed E-state index contributed by atoms with van der Waals surface area (Å²) in [7, 11) is 1.69. The van der Waals surface area contributed by atoms with Gasteiger partial charge >= 0.3 is 0 Å². The molecule has 133 valence electrons.